The van der Waals surface area contributed by atoms with Gasteiger partial charge in [0.15, 0.2) is 0 Å². The van der Waals surface area contributed by atoms with Crippen molar-refractivity contribution in [3.05, 3.63) is 35.0 Å². The summed E-state index contributed by atoms with van der Waals surface area (Å²) >= 11 is 1.39. The third-order valence-electron chi connectivity index (χ3n) is 1.71. The van der Waals surface area contributed by atoms with E-state index in [0.29, 0.717) is 5.39 Å². The van der Waals surface area contributed by atoms with Gasteiger partial charge < -0.3 is 5.21 Å². The highest BCUT2D eigenvalue weighted by atomic mass is 32.1. The van der Waals surface area contributed by atoms with Crippen LogP contribution in [-0.4, -0.2) is 11.4 Å². The van der Waals surface area contributed by atoms with E-state index < -0.39 is 0 Å². The van der Waals surface area contributed by atoms with E-state index in [1.54, 1.807) is 12.1 Å². The first-order valence-electron chi connectivity index (χ1n) is 3.67. The molecule has 0 aliphatic heterocycles. The number of fused-ring (bicyclic) bond motifs is 1. The highest BCUT2D eigenvalue weighted by molar-refractivity contribution is 7.20. The summed E-state index contributed by atoms with van der Waals surface area (Å²) < 4.78 is 14.0. The highest BCUT2D eigenvalue weighted by Gasteiger charge is 2.03. The first kappa shape index (κ1) is 8.19. The van der Waals surface area contributed by atoms with Crippen LogP contribution in [0.1, 0.15) is 4.88 Å². The molecule has 0 saturated heterocycles. The molecule has 2 nitrogen and oxygen atoms in total. The van der Waals surface area contributed by atoms with Gasteiger partial charge in [0.1, 0.15) is 5.82 Å². The summed E-state index contributed by atoms with van der Waals surface area (Å²) in [5.74, 6) is -0.244. The Morgan fingerprint density at radius 1 is 1.46 bits per heavy atom. The zero-order chi connectivity index (χ0) is 9.26. The van der Waals surface area contributed by atoms with Gasteiger partial charge in [-0.1, -0.05) is 11.2 Å². The Kier molecular flexibility index (Phi) is 1.98. The van der Waals surface area contributed by atoms with Crippen molar-refractivity contribution >= 4 is 27.6 Å². The molecule has 1 aromatic carbocycles. The van der Waals surface area contributed by atoms with Crippen LogP contribution in [0.4, 0.5) is 4.39 Å². The fourth-order valence-corrected chi connectivity index (χ4v) is 2.11. The molecule has 0 fully saturated rings. The third-order valence-corrected chi connectivity index (χ3v) is 2.75. The van der Waals surface area contributed by atoms with Gasteiger partial charge in [-0.2, -0.15) is 0 Å². The van der Waals surface area contributed by atoms with Crippen LogP contribution in [0.2, 0.25) is 0 Å². The first-order chi connectivity index (χ1) is 6.31. The van der Waals surface area contributed by atoms with Crippen LogP contribution in [0, 0.1) is 5.82 Å². The lowest BCUT2D eigenvalue weighted by molar-refractivity contribution is 0.322. The van der Waals surface area contributed by atoms with Crippen molar-refractivity contribution < 1.29 is 9.60 Å². The van der Waals surface area contributed by atoms with Crippen molar-refractivity contribution in [1.29, 1.82) is 0 Å². The highest BCUT2D eigenvalue weighted by Crippen LogP contribution is 2.26. The number of benzene rings is 1. The van der Waals surface area contributed by atoms with Crippen LogP contribution in [0.15, 0.2) is 29.4 Å². The summed E-state index contributed by atoms with van der Waals surface area (Å²) in [6.07, 6.45) is 1.30. The summed E-state index contributed by atoms with van der Waals surface area (Å²) in [5.41, 5.74) is 0. The topological polar surface area (TPSA) is 32.6 Å². The number of halogens is 1. The molecule has 1 aromatic heterocycles. The normalized spacial score (nSPS) is 11.5. The average molecular weight is 195 g/mol. The summed E-state index contributed by atoms with van der Waals surface area (Å²) in [4.78, 5) is 0.739. The molecule has 0 unspecified atom stereocenters. The van der Waals surface area contributed by atoms with Crippen LogP contribution in [-0.2, 0) is 0 Å². The van der Waals surface area contributed by atoms with Gasteiger partial charge in [0.25, 0.3) is 0 Å². The Balaban J connectivity index is 2.68. The van der Waals surface area contributed by atoms with Crippen molar-refractivity contribution in [3.8, 4) is 0 Å². The second-order valence-corrected chi connectivity index (χ2v) is 3.66. The lowest BCUT2D eigenvalue weighted by Crippen LogP contribution is -1.72. The van der Waals surface area contributed by atoms with Crippen LogP contribution in [0.25, 0.3) is 10.1 Å². The number of rotatable bonds is 1. The predicted molar refractivity (Wildman–Crippen MR) is 51.2 cm³/mol. The molecule has 1 N–H and O–H groups in total. The Labute approximate surface area is 77.9 Å². The summed E-state index contributed by atoms with van der Waals surface area (Å²) in [6, 6.07) is 6.57. The van der Waals surface area contributed by atoms with Crippen molar-refractivity contribution in [1.82, 2.24) is 0 Å². The van der Waals surface area contributed by atoms with Gasteiger partial charge >= 0.3 is 0 Å². The van der Waals surface area contributed by atoms with E-state index in [4.69, 9.17) is 5.21 Å². The maximum Gasteiger partial charge on any atom is 0.131 e. The van der Waals surface area contributed by atoms with Crippen molar-refractivity contribution in [2.24, 2.45) is 5.16 Å². The Hall–Kier alpha value is -1.42. The lowest BCUT2D eigenvalue weighted by atomic mass is 10.2. The standard InChI is InChI=1S/C9H6FNOS/c10-8-2-1-3-9-7(8)4-6(13-9)5-11-12/h1-5,12H. The van der Waals surface area contributed by atoms with Crippen LogP contribution in [0.5, 0.6) is 0 Å². The van der Waals surface area contributed by atoms with Gasteiger partial charge in [0.2, 0.25) is 0 Å². The minimum absolute atomic E-state index is 0.244. The molecule has 0 bridgehead atoms. The summed E-state index contributed by atoms with van der Waals surface area (Å²) in [5, 5.41) is 11.8. The zero-order valence-corrected chi connectivity index (χ0v) is 7.38. The molecule has 0 aliphatic rings. The monoisotopic (exact) mass is 195 g/mol. The molecule has 13 heavy (non-hydrogen) atoms. The van der Waals surface area contributed by atoms with E-state index in [1.165, 1.54) is 23.6 Å². The second kappa shape index (κ2) is 3.14. The molecule has 2 aromatic rings. The van der Waals surface area contributed by atoms with E-state index in [2.05, 4.69) is 5.16 Å². The maximum atomic E-state index is 13.1. The zero-order valence-electron chi connectivity index (χ0n) is 6.57. The van der Waals surface area contributed by atoms with Crippen molar-refractivity contribution in [2.45, 2.75) is 0 Å². The fourth-order valence-electron chi connectivity index (χ4n) is 1.17. The van der Waals surface area contributed by atoms with E-state index in [-0.39, 0.29) is 5.82 Å². The van der Waals surface area contributed by atoms with E-state index >= 15 is 0 Å². The molecule has 4 heteroatoms. The molecule has 0 spiro atoms. The minimum Gasteiger partial charge on any atom is -0.411 e. The molecule has 0 aliphatic carbocycles. The Morgan fingerprint density at radius 3 is 3.00 bits per heavy atom. The van der Waals surface area contributed by atoms with E-state index in [0.717, 1.165) is 9.58 Å². The van der Waals surface area contributed by atoms with Crippen LogP contribution in [0.3, 0.4) is 0 Å². The SMILES string of the molecule is ON=Cc1cc2c(F)cccc2s1. The molecule has 0 amide bonds. The number of hydrogen-bond acceptors (Lipinski definition) is 3. The van der Waals surface area contributed by atoms with Gasteiger partial charge in [-0.25, -0.2) is 4.39 Å². The van der Waals surface area contributed by atoms with Crippen molar-refractivity contribution in [2.75, 3.05) is 0 Å². The smallest absolute Gasteiger partial charge is 0.131 e. The molecule has 0 atom stereocenters. The molecule has 0 saturated carbocycles. The number of hydrogen-bond donors (Lipinski definition) is 1. The van der Waals surface area contributed by atoms with Gasteiger partial charge in [-0.15, -0.1) is 11.3 Å². The molecule has 2 rings (SSSR count). The van der Waals surface area contributed by atoms with Gasteiger partial charge in [0, 0.05) is 10.1 Å². The third kappa shape index (κ3) is 1.40. The Morgan fingerprint density at radius 2 is 2.31 bits per heavy atom. The molecule has 0 radical (unpaired) electrons. The van der Waals surface area contributed by atoms with Crippen LogP contribution < -0.4 is 0 Å². The van der Waals surface area contributed by atoms with Crippen molar-refractivity contribution in [3.63, 3.8) is 0 Å². The van der Waals surface area contributed by atoms with Gasteiger partial charge in [-0.05, 0) is 18.2 Å². The average Bonchev–Trinajstić information content (AvgIpc) is 2.49. The fraction of sp³-hybridized carbons (Fsp3) is 0. The first-order valence-corrected chi connectivity index (χ1v) is 4.48. The lowest BCUT2D eigenvalue weighted by Gasteiger charge is -1.87. The molecular formula is C9H6FNOS. The summed E-state index contributed by atoms with van der Waals surface area (Å²) in [7, 11) is 0. The largest absolute Gasteiger partial charge is 0.411 e. The molecular weight excluding hydrogens is 189 g/mol. The predicted octanol–water partition coefficient (Wildman–Crippen LogP) is 2.85. The quantitative estimate of drug-likeness (QED) is 0.423. The van der Waals surface area contributed by atoms with E-state index in [1.807, 2.05) is 6.07 Å². The van der Waals surface area contributed by atoms with Gasteiger partial charge in [-0.3, -0.25) is 0 Å². The number of nitrogens with zero attached hydrogens (tertiary/aromatic N) is 1. The van der Waals surface area contributed by atoms with Crippen LogP contribution >= 0.6 is 11.3 Å². The van der Waals surface area contributed by atoms with Gasteiger partial charge in [0.05, 0.1) is 11.1 Å². The molecule has 66 valence electrons. The van der Waals surface area contributed by atoms with E-state index in [9.17, 15) is 4.39 Å². The summed E-state index contributed by atoms with van der Waals surface area (Å²) in [6.45, 7) is 0. The molecule has 1 heterocycles. The number of thiophene rings is 1. The second-order valence-electron chi connectivity index (χ2n) is 2.54. The minimum atomic E-state index is -0.244. The Bertz CT molecular complexity index is 464. The maximum absolute atomic E-state index is 13.1. The number of oxime groups is 1.